The third kappa shape index (κ3) is 4.04. The van der Waals surface area contributed by atoms with Crippen LogP contribution in [0.5, 0.6) is 5.75 Å². The Hall–Kier alpha value is -1.63. The number of rotatable bonds is 6. The molecule has 3 aromatic carbocycles. The van der Waals surface area contributed by atoms with E-state index in [9.17, 15) is 13.9 Å². The molecule has 3 nitrogen and oxygen atoms in total. The van der Waals surface area contributed by atoms with Gasteiger partial charge in [0.15, 0.2) is 0 Å². The zero-order valence-corrected chi connectivity index (χ0v) is 16.6. The first-order valence-corrected chi connectivity index (χ1v) is 9.38. The van der Waals surface area contributed by atoms with Crippen LogP contribution in [-0.2, 0) is 0 Å². The highest BCUT2D eigenvalue weighted by Gasteiger charge is 2.23. The van der Waals surface area contributed by atoms with Gasteiger partial charge in [0.2, 0.25) is 0 Å². The van der Waals surface area contributed by atoms with Crippen LogP contribution >= 0.6 is 34.8 Å². The summed E-state index contributed by atoms with van der Waals surface area (Å²) in [5.41, 5.74) is 0.111. The van der Waals surface area contributed by atoms with E-state index >= 15 is 0 Å². The lowest BCUT2D eigenvalue weighted by atomic mass is 9.92. The van der Waals surface area contributed by atoms with E-state index in [0.717, 1.165) is 0 Å². The Morgan fingerprint density at radius 1 is 0.893 bits per heavy atom. The maximum absolute atomic E-state index is 13.8. The van der Waals surface area contributed by atoms with E-state index in [4.69, 9.17) is 44.6 Å². The van der Waals surface area contributed by atoms with Gasteiger partial charge in [0.1, 0.15) is 18.5 Å². The SMILES string of the molecule is OCC(O)COc1ccc(Cl)c2c(-c3c(Cl)cccc3Cl)c(C(F)F)ccc12. The van der Waals surface area contributed by atoms with E-state index in [2.05, 4.69) is 0 Å². The largest absolute Gasteiger partial charge is 0.490 e. The summed E-state index contributed by atoms with van der Waals surface area (Å²) in [6.07, 6.45) is -3.87. The van der Waals surface area contributed by atoms with Gasteiger partial charge in [0.05, 0.1) is 6.61 Å². The first kappa shape index (κ1) is 21.1. The molecule has 2 N–H and O–H groups in total. The minimum atomic E-state index is -2.79. The molecule has 1 unspecified atom stereocenters. The molecule has 0 saturated heterocycles. The predicted molar refractivity (Wildman–Crippen MR) is 108 cm³/mol. The predicted octanol–water partition coefficient (Wildman–Crippen LogP) is 6.14. The van der Waals surface area contributed by atoms with Crippen molar-refractivity contribution in [1.82, 2.24) is 0 Å². The van der Waals surface area contributed by atoms with Gasteiger partial charge in [0.25, 0.3) is 6.43 Å². The average molecular weight is 448 g/mol. The fraction of sp³-hybridized carbons (Fsp3) is 0.200. The highest BCUT2D eigenvalue weighted by molar-refractivity contribution is 6.41. The summed E-state index contributed by atoms with van der Waals surface area (Å²) < 4.78 is 33.2. The Kier molecular flexibility index (Phi) is 6.63. The van der Waals surface area contributed by atoms with Crippen LogP contribution in [0.2, 0.25) is 15.1 Å². The summed E-state index contributed by atoms with van der Waals surface area (Å²) in [5, 5.41) is 19.9. The zero-order chi connectivity index (χ0) is 20.4. The van der Waals surface area contributed by atoms with E-state index in [0.29, 0.717) is 16.5 Å². The van der Waals surface area contributed by atoms with E-state index in [1.54, 1.807) is 24.3 Å². The molecular formula is C20H15Cl3F2O3. The van der Waals surface area contributed by atoms with Crippen LogP contribution in [-0.4, -0.2) is 29.5 Å². The van der Waals surface area contributed by atoms with Gasteiger partial charge in [0, 0.05) is 42.5 Å². The fourth-order valence-electron chi connectivity index (χ4n) is 2.95. The quantitative estimate of drug-likeness (QED) is 0.477. The number of alkyl halides is 2. The molecule has 0 saturated carbocycles. The summed E-state index contributed by atoms with van der Waals surface area (Å²) in [5.74, 6) is 0.317. The van der Waals surface area contributed by atoms with Gasteiger partial charge in [-0.25, -0.2) is 8.78 Å². The van der Waals surface area contributed by atoms with Gasteiger partial charge < -0.3 is 14.9 Å². The van der Waals surface area contributed by atoms with Crippen molar-refractivity contribution >= 4 is 45.6 Å². The lowest BCUT2D eigenvalue weighted by Crippen LogP contribution is -2.21. The second-order valence-electron chi connectivity index (χ2n) is 6.04. The first-order valence-electron chi connectivity index (χ1n) is 8.24. The number of hydrogen-bond donors (Lipinski definition) is 2. The molecule has 0 amide bonds. The van der Waals surface area contributed by atoms with Crippen molar-refractivity contribution in [1.29, 1.82) is 0 Å². The van der Waals surface area contributed by atoms with Crippen LogP contribution < -0.4 is 4.74 Å². The second kappa shape index (κ2) is 8.80. The Morgan fingerprint density at radius 2 is 1.57 bits per heavy atom. The molecule has 0 bridgehead atoms. The van der Waals surface area contributed by atoms with Crippen LogP contribution in [0.4, 0.5) is 8.78 Å². The van der Waals surface area contributed by atoms with Crippen molar-refractivity contribution in [2.45, 2.75) is 12.5 Å². The number of hydrogen-bond acceptors (Lipinski definition) is 3. The number of ether oxygens (including phenoxy) is 1. The topological polar surface area (TPSA) is 49.7 Å². The molecule has 0 aliphatic carbocycles. The molecule has 3 aromatic rings. The third-order valence-electron chi connectivity index (χ3n) is 4.21. The van der Waals surface area contributed by atoms with Gasteiger partial charge >= 0.3 is 0 Å². The molecule has 1 atom stereocenters. The van der Waals surface area contributed by atoms with Crippen molar-refractivity contribution in [2.24, 2.45) is 0 Å². The average Bonchev–Trinajstić information content (AvgIpc) is 2.66. The summed E-state index contributed by atoms with van der Waals surface area (Å²) >= 11 is 19.0. The highest BCUT2D eigenvalue weighted by Crippen LogP contribution is 2.47. The van der Waals surface area contributed by atoms with Crippen LogP contribution in [0.1, 0.15) is 12.0 Å². The van der Waals surface area contributed by atoms with E-state index in [1.807, 2.05) is 0 Å². The third-order valence-corrected chi connectivity index (χ3v) is 5.16. The number of fused-ring (bicyclic) bond motifs is 1. The van der Waals surface area contributed by atoms with Gasteiger partial charge in [-0.15, -0.1) is 0 Å². The van der Waals surface area contributed by atoms with Gasteiger partial charge in [-0.1, -0.05) is 53.0 Å². The van der Waals surface area contributed by atoms with Crippen LogP contribution in [0.15, 0.2) is 42.5 Å². The monoisotopic (exact) mass is 446 g/mol. The zero-order valence-electron chi connectivity index (χ0n) is 14.3. The minimum Gasteiger partial charge on any atom is -0.490 e. The van der Waals surface area contributed by atoms with Crippen molar-refractivity contribution < 1.29 is 23.7 Å². The van der Waals surface area contributed by atoms with Crippen molar-refractivity contribution in [3.8, 4) is 16.9 Å². The molecular weight excluding hydrogens is 433 g/mol. The molecule has 28 heavy (non-hydrogen) atoms. The Labute approximate surface area is 175 Å². The standard InChI is InChI=1S/C20H15Cl3F2O3/c21-13-2-1-3-14(22)19(13)18-12(20(24)25)5-4-11-16(28-9-10(27)8-26)7-6-15(23)17(11)18/h1-7,10,20,26-27H,8-9H2. The van der Waals surface area contributed by atoms with Crippen molar-refractivity contribution in [3.63, 3.8) is 0 Å². The summed E-state index contributed by atoms with van der Waals surface area (Å²) in [6.45, 7) is -0.645. The lowest BCUT2D eigenvalue weighted by molar-refractivity contribution is 0.0541. The summed E-state index contributed by atoms with van der Waals surface area (Å²) in [4.78, 5) is 0. The fourth-order valence-corrected chi connectivity index (χ4v) is 3.79. The smallest absolute Gasteiger partial charge is 0.264 e. The van der Waals surface area contributed by atoms with Gasteiger partial charge in [-0.3, -0.25) is 0 Å². The minimum absolute atomic E-state index is 0.126. The molecule has 0 aliphatic heterocycles. The molecule has 3 rings (SSSR count). The van der Waals surface area contributed by atoms with Crippen LogP contribution in [0.25, 0.3) is 21.9 Å². The first-order chi connectivity index (χ1) is 13.3. The van der Waals surface area contributed by atoms with Crippen molar-refractivity contribution in [3.05, 3.63) is 63.1 Å². The number of benzene rings is 3. The number of aliphatic hydroxyl groups excluding tert-OH is 2. The molecule has 0 aliphatic rings. The molecule has 0 radical (unpaired) electrons. The second-order valence-corrected chi connectivity index (χ2v) is 7.26. The molecule has 0 fully saturated rings. The Balaban J connectivity index is 2.33. The summed E-state index contributed by atoms with van der Waals surface area (Å²) in [6, 6.07) is 10.5. The van der Waals surface area contributed by atoms with E-state index < -0.39 is 19.1 Å². The van der Waals surface area contributed by atoms with Crippen LogP contribution in [0, 0.1) is 0 Å². The summed E-state index contributed by atoms with van der Waals surface area (Å²) in [7, 11) is 0. The molecule has 0 aromatic heterocycles. The molecule has 148 valence electrons. The Bertz CT molecular complexity index is 991. The Morgan fingerprint density at radius 3 is 2.18 bits per heavy atom. The van der Waals surface area contributed by atoms with Gasteiger partial charge in [-0.05, 0) is 24.3 Å². The number of halogens is 5. The maximum Gasteiger partial charge on any atom is 0.264 e. The normalized spacial score (nSPS) is 12.6. The lowest BCUT2D eigenvalue weighted by Gasteiger charge is -2.19. The van der Waals surface area contributed by atoms with E-state index in [1.165, 1.54) is 18.2 Å². The van der Waals surface area contributed by atoms with E-state index in [-0.39, 0.29) is 38.4 Å². The maximum atomic E-state index is 13.8. The molecule has 0 spiro atoms. The van der Waals surface area contributed by atoms with Crippen molar-refractivity contribution in [2.75, 3.05) is 13.2 Å². The highest BCUT2D eigenvalue weighted by atomic mass is 35.5. The molecule has 8 heteroatoms. The number of aliphatic hydroxyl groups is 2. The van der Waals surface area contributed by atoms with Gasteiger partial charge in [-0.2, -0.15) is 0 Å². The molecule has 0 heterocycles. The van der Waals surface area contributed by atoms with Crippen LogP contribution in [0.3, 0.4) is 0 Å².